The maximum absolute atomic E-state index is 13.3. The van der Waals surface area contributed by atoms with E-state index in [-0.39, 0.29) is 17.9 Å². The van der Waals surface area contributed by atoms with Crippen molar-refractivity contribution in [1.82, 2.24) is 15.8 Å². The predicted molar refractivity (Wildman–Crippen MR) is 142 cm³/mol. The third kappa shape index (κ3) is 9.10. The molecule has 0 saturated carbocycles. The predicted octanol–water partition coefficient (Wildman–Crippen LogP) is 3.62. The molecule has 3 aromatic rings. The topological polar surface area (TPSA) is 140 Å². The number of amides is 3. The van der Waals surface area contributed by atoms with Crippen molar-refractivity contribution < 1.29 is 41.8 Å². The molecular weight excluding hydrogens is 547 g/mol. The van der Waals surface area contributed by atoms with Gasteiger partial charge in [0, 0.05) is 30.9 Å². The SMILES string of the molecule is CCOc1cc(C(Nc2ccc(NC(=O)C(F)(F)F)cc2)C(=O)NNC(=O)c2cccnc2)ccc1OCCOC. The molecule has 1 unspecified atom stereocenters. The van der Waals surface area contributed by atoms with E-state index in [1.807, 2.05) is 0 Å². The quantitative estimate of drug-likeness (QED) is 0.190. The van der Waals surface area contributed by atoms with E-state index < -0.39 is 29.9 Å². The molecule has 0 aliphatic rings. The average Bonchev–Trinajstić information content (AvgIpc) is 2.96. The number of methoxy groups -OCH3 is 1. The summed E-state index contributed by atoms with van der Waals surface area (Å²) < 4.78 is 54.1. The molecule has 11 nitrogen and oxygen atoms in total. The zero-order valence-electron chi connectivity index (χ0n) is 22.1. The van der Waals surface area contributed by atoms with Gasteiger partial charge in [0.25, 0.3) is 11.8 Å². The van der Waals surface area contributed by atoms with E-state index in [0.717, 1.165) is 0 Å². The molecule has 3 amide bonds. The van der Waals surface area contributed by atoms with Crippen molar-refractivity contribution in [1.29, 1.82) is 0 Å². The molecule has 0 bridgehead atoms. The van der Waals surface area contributed by atoms with E-state index in [1.54, 1.807) is 36.5 Å². The lowest BCUT2D eigenvalue weighted by Crippen LogP contribution is -2.45. The van der Waals surface area contributed by atoms with E-state index in [1.165, 1.54) is 49.8 Å². The van der Waals surface area contributed by atoms with Crippen LogP contribution >= 0.6 is 0 Å². The van der Waals surface area contributed by atoms with E-state index >= 15 is 0 Å². The first-order chi connectivity index (χ1) is 19.6. The largest absolute Gasteiger partial charge is 0.490 e. The second-order valence-electron chi connectivity index (χ2n) is 8.27. The molecule has 2 aromatic carbocycles. The maximum atomic E-state index is 13.3. The van der Waals surface area contributed by atoms with E-state index in [0.29, 0.717) is 36.0 Å². The molecule has 218 valence electrons. The molecule has 41 heavy (non-hydrogen) atoms. The van der Waals surface area contributed by atoms with Crippen LogP contribution in [0.1, 0.15) is 28.9 Å². The number of hydrogen-bond donors (Lipinski definition) is 4. The van der Waals surface area contributed by atoms with Crippen LogP contribution in [0.4, 0.5) is 24.5 Å². The lowest BCUT2D eigenvalue weighted by atomic mass is 10.0. The van der Waals surface area contributed by atoms with Gasteiger partial charge in [0.05, 0.1) is 18.8 Å². The van der Waals surface area contributed by atoms with Crippen molar-refractivity contribution in [2.45, 2.75) is 19.1 Å². The molecule has 4 N–H and O–H groups in total. The highest BCUT2D eigenvalue weighted by Gasteiger charge is 2.38. The number of benzene rings is 2. The number of pyridine rings is 1. The summed E-state index contributed by atoms with van der Waals surface area (Å²) in [5.74, 6) is -2.62. The summed E-state index contributed by atoms with van der Waals surface area (Å²) in [6, 6.07) is 12.0. The number of carbonyl (C=O) groups is 3. The monoisotopic (exact) mass is 575 g/mol. The molecule has 0 saturated heterocycles. The van der Waals surface area contributed by atoms with E-state index in [4.69, 9.17) is 14.2 Å². The Labute approximate surface area is 233 Å². The van der Waals surface area contributed by atoms with Crippen LogP contribution in [0.15, 0.2) is 67.0 Å². The fourth-order valence-electron chi connectivity index (χ4n) is 3.41. The Morgan fingerprint density at radius 3 is 2.29 bits per heavy atom. The number of anilines is 2. The summed E-state index contributed by atoms with van der Waals surface area (Å²) in [4.78, 5) is 40.8. The van der Waals surface area contributed by atoms with Crippen LogP contribution in [-0.4, -0.2) is 55.8 Å². The van der Waals surface area contributed by atoms with Crippen molar-refractivity contribution in [3.63, 3.8) is 0 Å². The third-order valence-corrected chi connectivity index (χ3v) is 5.34. The molecule has 0 radical (unpaired) electrons. The highest BCUT2D eigenvalue weighted by molar-refractivity contribution is 5.96. The van der Waals surface area contributed by atoms with Gasteiger partial charge in [-0.05, 0) is 61.0 Å². The lowest BCUT2D eigenvalue weighted by Gasteiger charge is -2.22. The number of hydrazine groups is 1. The van der Waals surface area contributed by atoms with Crippen molar-refractivity contribution >= 4 is 29.1 Å². The summed E-state index contributed by atoms with van der Waals surface area (Å²) in [7, 11) is 1.54. The smallest absolute Gasteiger partial charge is 0.471 e. The van der Waals surface area contributed by atoms with Gasteiger partial charge in [0.1, 0.15) is 12.6 Å². The molecule has 0 aliphatic carbocycles. The number of carbonyl (C=O) groups excluding carboxylic acids is 3. The van der Waals surface area contributed by atoms with Crippen molar-refractivity contribution in [3.05, 3.63) is 78.1 Å². The first-order valence-electron chi connectivity index (χ1n) is 12.3. The lowest BCUT2D eigenvalue weighted by molar-refractivity contribution is -0.167. The Hall–Kier alpha value is -4.85. The molecule has 0 fully saturated rings. The normalized spacial score (nSPS) is 11.6. The molecule has 1 aromatic heterocycles. The maximum Gasteiger partial charge on any atom is 0.471 e. The first kappa shape index (κ1) is 30.7. The fraction of sp³-hybridized carbons (Fsp3) is 0.259. The zero-order chi connectivity index (χ0) is 29.8. The highest BCUT2D eigenvalue weighted by atomic mass is 19.4. The van der Waals surface area contributed by atoms with Crippen LogP contribution in [0.3, 0.4) is 0 Å². The summed E-state index contributed by atoms with van der Waals surface area (Å²) in [6.45, 7) is 2.69. The van der Waals surface area contributed by atoms with E-state index in [2.05, 4.69) is 21.2 Å². The Balaban J connectivity index is 1.85. The average molecular weight is 576 g/mol. The second-order valence-corrected chi connectivity index (χ2v) is 8.27. The first-order valence-corrected chi connectivity index (χ1v) is 12.3. The van der Waals surface area contributed by atoms with Gasteiger partial charge in [-0.2, -0.15) is 13.2 Å². The van der Waals surface area contributed by atoms with Crippen molar-refractivity contribution in [3.8, 4) is 11.5 Å². The number of nitrogens with zero attached hydrogens (tertiary/aromatic N) is 1. The third-order valence-electron chi connectivity index (χ3n) is 5.34. The molecule has 14 heteroatoms. The van der Waals surface area contributed by atoms with Crippen molar-refractivity contribution in [2.75, 3.05) is 37.6 Å². The number of hydrogen-bond acceptors (Lipinski definition) is 8. The van der Waals surface area contributed by atoms with Gasteiger partial charge in [-0.1, -0.05) is 6.07 Å². The van der Waals surface area contributed by atoms with Gasteiger partial charge in [0.2, 0.25) is 0 Å². The minimum absolute atomic E-state index is 0.0983. The van der Waals surface area contributed by atoms with Gasteiger partial charge >= 0.3 is 12.1 Å². The molecular formula is C27H28F3N5O6. The number of halogens is 3. The standard InChI is InChI=1S/C27H28F3N5O6/c1-3-40-22-15-17(6-11-21(22)41-14-13-39-2)23(25(37)35-34-24(36)18-5-4-12-31-16-18)32-19-7-9-20(10-8-19)33-26(38)27(28,29)30/h4-12,15-16,23,32H,3,13-14H2,1-2H3,(H,33,38)(H,34,36)(H,35,37). The number of alkyl halides is 3. The summed E-state index contributed by atoms with van der Waals surface area (Å²) in [6.07, 6.45) is -2.22. The molecule has 1 heterocycles. The highest BCUT2D eigenvalue weighted by Crippen LogP contribution is 2.32. The fourth-order valence-corrected chi connectivity index (χ4v) is 3.41. The molecule has 3 rings (SSSR count). The van der Waals surface area contributed by atoms with Gasteiger partial charge in [-0.3, -0.25) is 30.2 Å². The number of ether oxygens (including phenoxy) is 3. The Bertz CT molecular complexity index is 1320. The number of aromatic nitrogens is 1. The summed E-state index contributed by atoms with van der Waals surface area (Å²) in [5, 5.41) is 4.73. The van der Waals surface area contributed by atoms with Gasteiger partial charge in [-0.15, -0.1) is 0 Å². The Kier molecular flexibility index (Phi) is 10.9. The zero-order valence-corrected chi connectivity index (χ0v) is 22.1. The summed E-state index contributed by atoms with van der Waals surface area (Å²) in [5.41, 5.74) is 5.54. The van der Waals surface area contributed by atoms with Gasteiger partial charge in [-0.25, -0.2) is 0 Å². The Morgan fingerprint density at radius 1 is 0.927 bits per heavy atom. The van der Waals surface area contributed by atoms with E-state index in [9.17, 15) is 27.6 Å². The molecule has 0 aliphatic heterocycles. The summed E-state index contributed by atoms with van der Waals surface area (Å²) >= 11 is 0. The van der Waals surface area contributed by atoms with Crippen LogP contribution in [0.2, 0.25) is 0 Å². The minimum atomic E-state index is -5.04. The van der Waals surface area contributed by atoms with Crippen LogP contribution in [0.25, 0.3) is 0 Å². The van der Waals surface area contributed by atoms with Gasteiger partial charge in [0.15, 0.2) is 11.5 Å². The number of nitrogens with one attached hydrogen (secondary N) is 4. The second kappa shape index (κ2) is 14.5. The van der Waals surface area contributed by atoms with Crippen molar-refractivity contribution in [2.24, 2.45) is 0 Å². The molecule has 0 spiro atoms. The minimum Gasteiger partial charge on any atom is -0.490 e. The van der Waals surface area contributed by atoms with Crippen LogP contribution in [0, 0.1) is 0 Å². The number of rotatable bonds is 12. The molecule has 1 atom stereocenters. The van der Waals surface area contributed by atoms with Crippen LogP contribution in [-0.2, 0) is 14.3 Å². The Morgan fingerprint density at radius 2 is 1.66 bits per heavy atom. The van der Waals surface area contributed by atoms with Gasteiger partial charge < -0.3 is 24.8 Å². The van der Waals surface area contributed by atoms with Crippen LogP contribution in [0.5, 0.6) is 11.5 Å². The van der Waals surface area contributed by atoms with Crippen LogP contribution < -0.4 is 31.0 Å².